The van der Waals surface area contributed by atoms with Crippen molar-refractivity contribution in [2.45, 2.75) is 25.8 Å². The first-order chi connectivity index (χ1) is 17.0. The van der Waals surface area contributed by atoms with Gasteiger partial charge in [0.1, 0.15) is 5.75 Å². The number of benzene rings is 4. The van der Waals surface area contributed by atoms with E-state index in [0.29, 0.717) is 0 Å². The second-order valence-corrected chi connectivity index (χ2v) is 9.39. The Bertz CT molecular complexity index is 1260. The fourth-order valence-electron chi connectivity index (χ4n) is 2.75. The number of halogens is 3. The number of alkyl halides is 3. The quantitative estimate of drug-likeness (QED) is 0.179. The van der Waals surface area contributed by atoms with Crippen LogP contribution in [0.25, 0.3) is 0 Å². The van der Waals surface area contributed by atoms with Crippen molar-refractivity contribution in [1.29, 1.82) is 0 Å². The van der Waals surface area contributed by atoms with Crippen LogP contribution in [0.15, 0.2) is 109 Å². The van der Waals surface area contributed by atoms with Crippen LogP contribution < -0.4 is 9.92 Å². The molecular weight excluding hydrogens is 487 g/mol. The molecule has 8 heteroatoms. The number of para-hydroxylation sites is 1. The van der Waals surface area contributed by atoms with E-state index in [-0.39, 0.29) is 5.75 Å². The minimum absolute atomic E-state index is 0.371. The lowest BCUT2D eigenvalue weighted by Crippen LogP contribution is -2.27. The first kappa shape index (κ1) is 28.5. The molecule has 0 bridgehead atoms. The normalized spacial score (nSPS) is 10.8. The zero-order valence-electron chi connectivity index (χ0n) is 19.9. The van der Waals surface area contributed by atoms with Crippen LogP contribution >= 0.6 is 0 Å². The summed E-state index contributed by atoms with van der Waals surface area (Å²) in [5, 5.41) is 0. The summed E-state index contributed by atoms with van der Waals surface area (Å²) < 4.78 is 60.2. The molecular formula is C28H28F3NO3S. The lowest BCUT2D eigenvalue weighted by Gasteiger charge is -2.08. The van der Waals surface area contributed by atoms with Crippen LogP contribution in [0.4, 0.5) is 18.9 Å². The number of rotatable bonds is 4. The summed E-state index contributed by atoms with van der Waals surface area (Å²) >= 11 is 0. The van der Waals surface area contributed by atoms with Crippen LogP contribution in [0.1, 0.15) is 22.3 Å². The maximum Gasteiger partial charge on any atom is 0.534 e. The maximum atomic E-state index is 11.8. The van der Waals surface area contributed by atoms with Gasteiger partial charge in [-0.25, -0.2) is 0 Å². The molecule has 0 aliphatic rings. The van der Waals surface area contributed by atoms with Gasteiger partial charge in [0.15, 0.2) is 0 Å². The van der Waals surface area contributed by atoms with Crippen LogP contribution in [0.3, 0.4) is 0 Å². The van der Waals surface area contributed by atoms with Gasteiger partial charge >= 0.3 is 15.6 Å². The van der Waals surface area contributed by atoms with Crippen LogP contribution in [-0.4, -0.2) is 13.9 Å². The molecule has 0 unspecified atom stereocenters. The van der Waals surface area contributed by atoms with Crippen LogP contribution in [0.5, 0.6) is 5.75 Å². The number of aryl methyl sites for hydroxylation is 2. The van der Waals surface area contributed by atoms with Gasteiger partial charge in [-0.3, -0.25) is 0 Å². The van der Waals surface area contributed by atoms with E-state index in [1.165, 1.54) is 40.5 Å². The molecule has 4 nitrogen and oxygen atoms in total. The molecule has 0 aromatic heterocycles. The topological polar surface area (TPSA) is 69.4 Å². The Morgan fingerprint density at radius 2 is 1.08 bits per heavy atom. The van der Waals surface area contributed by atoms with E-state index in [1.54, 1.807) is 0 Å². The summed E-state index contributed by atoms with van der Waals surface area (Å²) in [6.07, 6.45) is 1.03. The predicted molar refractivity (Wildman–Crippen MR) is 138 cm³/mol. The lowest BCUT2D eigenvalue weighted by molar-refractivity contribution is -0.0500. The first-order valence-electron chi connectivity index (χ1n) is 10.9. The molecule has 0 fully saturated rings. The molecule has 4 aromatic carbocycles. The third kappa shape index (κ3) is 10.2. The van der Waals surface area contributed by atoms with Gasteiger partial charge in [-0.15, -0.1) is 0 Å². The van der Waals surface area contributed by atoms with Gasteiger partial charge in [0, 0.05) is 5.69 Å². The van der Waals surface area contributed by atoms with E-state index in [9.17, 15) is 21.6 Å². The van der Waals surface area contributed by atoms with Crippen molar-refractivity contribution in [2.75, 3.05) is 5.73 Å². The van der Waals surface area contributed by atoms with Crippen LogP contribution in [-0.2, 0) is 16.5 Å². The molecule has 0 atom stereocenters. The van der Waals surface area contributed by atoms with Crippen molar-refractivity contribution in [2.24, 2.45) is 0 Å². The van der Waals surface area contributed by atoms with E-state index in [2.05, 4.69) is 65.7 Å². The fraction of sp³-hybridized carbons (Fsp3) is 0.143. The third-order valence-electron chi connectivity index (χ3n) is 4.68. The number of nitrogens with two attached hydrogens (primary N) is 1. The average molecular weight is 516 g/mol. The third-order valence-corrected chi connectivity index (χ3v) is 5.66. The highest BCUT2D eigenvalue weighted by molar-refractivity contribution is 7.88. The predicted octanol–water partition coefficient (Wildman–Crippen LogP) is 7.08. The molecule has 190 valence electrons. The smallest absolute Gasteiger partial charge is 0.399 e. The summed E-state index contributed by atoms with van der Waals surface area (Å²) in [6, 6.07) is 33.5. The maximum absolute atomic E-state index is 11.8. The number of nitrogen functional groups attached to an aromatic ring is 1. The van der Waals surface area contributed by atoms with Crippen molar-refractivity contribution >= 4 is 15.8 Å². The number of hydrogen-bond donors (Lipinski definition) is 1. The van der Waals surface area contributed by atoms with Crippen LogP contribution in [0.2, 0.25) is 0 Å². The zero-order valence-corrected chi connectivity index (χ0v) is 20.8. The van der Waals surface area contributed by atoms with E-state index in [1.807, 2.05) is 31.2 Å². The van der Waals surface area contributed by atoms with Gasteiger partial charge < -0.3 is 9.92 Å². The van der Waals surface area contributed by atoms with Crippen LogP contribution in [0, 0.1) is 13.8 Å². The Morgan fingerprint density at radius 1 is 0.667 bits per heavy atom. The second kappa shape index (κ2) is 13.3. The van der Waals surface area contributed by atoms with Gasteiger partial charge in [0.2, 0.25) is 0 Å². The molecule has 2 N–H and O–H groups in total. The molecule has 0 radical (unpaired) electrons. The molecule has 0 aliphatic carbocycles. The minimum Gasteiger partial charge on any atom is -0.399 e. The molecule has 0 heterocycles. The monoisotopic (exact) mass is 515 g/mol. The summed E-state index contributed by atoms with van der Waals surface area (Å²) in [7, 11) is -5.55. The Balaban J connectivity index is 0.000000198. The standard InChI is InChI=1S/C14H14.C7H5F3O3S.C7H9N/c1-12-7-9-14(10-8-12)11-13-5-3-2-4-6-13;8-7(9,10)14(11,12)13-6-4-2-1-3-5-6;1-6-2-4-7(8)5-3-6/h2-10H,11H2,1H3;1-5H;2-5H,8H2,1H3. The lowest BCUT2D eigenvalue weighted by atomic mass is 10.0. The van der Waals surface area contributed by atoms with Crippen molar-refractivity contribution in [3.8, 4) is 5.75 Å². The van der Waals surface area contributed by atoms with E-state index < -0.39 is 15.6 Å². The molecule has 0 aliphatic heterocycles. The Hall–Kier alpha value is -3.78. The zero-order chi connectivity index (χ0) is 26.6. The first-order valence-corrected chi connectivity index (χ1v) is 12.3. The van der Waals surface area contributed by atoms with E-state index in [0.717, 1.165) is 24.2 Å². The Labute approximate surface area is 210 Å². The number of anilines is 1. The second-order valence-electron chi connectivity index (χ2n) is 7.85. The van der Waals surface area contributed by atoms with Crippen molar-refractivity contribution in [3.63, 3.8) is 0 Å². The van der Waals surface area contributed by atoms with Gasteiger partial charge in [-0.1, -0.05) is 96.1 Å². The van der Waals surface area contributed by atoms with Crippen molar-refractivity contribution in [3.05, 3.63) is 131 Å². The highest BCUT2D eigenvalue weighted by atomic mass is 32.2. The number of hydrogen-bond acceptors (Lipinski definition) is 4. The summed E-state index contributed by atoms with van der Waals surface area (Å²) in [5.41, 5.74) is 6.17. The minimum atomic E-state index is -5.55. The van der Waals surface area contributed by atoms with Gasteiger partial charge in [-0.05, 0) is 55.7 Å². The van der Waals surface area contributed by atoms with E-state index >= 15 is 0 Å². The largest absolute Gasteiger partial charge is 0.534 e. The summed E-state index contributed by atoms with van der Waals surface area (Å²) in [6.45, 7) is 4.16. The molecule has 0 saturated carbocycles. The van der Waals surface area contributed by atoms with Crippen molar-refractivity contribution in [1.82, 2.24) is 0 Å². The Morgan fingerprint density at radius 3 is 1.53 bits per heavy atom. The van der Waals surface area contributed by atoms with Gasteiger partial charge in [0.05, 0.1) is 0 Å². The summed E-state index contributed by atoms with van der Waals surface area (Å²) in [4.78, 5) is 0. The summed E-state index contributed by atoms with van der Waals surface area (Å²) in [5.74, 6) is -0.371. The average Bonchev–Trinajstić information content (AvgIpc) is 2.84. The molecule has 4 rings (SSSR count). The SMILES string of the molecule is Cc1ccc(Cc2ccccc2)cc1.Cc1ccc(N)cc1.O=S(=O)(Oc1ccccc1)C(F)(F)F. The fourth-order valence-corrected chi connectivity index (χ4v) is 3.21. The van der Waals surface area contributed by atoms with Gasteiger partial charge in [0.25, 0.3) is 0 Å². The molecule has 0 amide bonds. The van der Waals surface area contributed by atoms with Crippen molar-refractivity contribution < 1.29 is 25.8 Å². The Kier molecular flexibility index (Phi) is 10.5. The molecule has 4 aromatic rings. The molecule has 0 saturated heterocycles. The van der Waals surface area contributed by atoms with Gasteiger partial charge in [-0.2, -0.15) is 21.6 Å². The van der Waals surface area contributed by atoms with E-state index in [4.69, 9.17) is 5.73 Å². The highest BCUT2D eigenvalue weighted by Gasteiger charge is 2.48. The molecule has 0 spiro atoms. The highest BCUT2D eigenvalue weighted by Crippen LogP contribution is 2.26. The molecule has 36 heavy (non-hydrogen) atoms.